The van der Waals surface area contributed by atoms with Crippen molar-refractivity contribution in [1.82, 2.24) is 0 Å². The van der Waals surface area contributed by atoms with Crippen LogP contribution >= 0.6 is 11.3 Å². The molecule has 0 aliphatic carbocycles. The van der Waals surface area contributed by atoms with Crippen LogP contribution in [0.3, 0.4) is 0 Å². The number of ether oxygens (including phenoxy) is 1. The molecule has 1 atom stereocenters. The first-order valence-corrected chi connectivity index (χ1v) is 6.15. The fourth-order valence-electron chi connectivity index (χ4n) is 1.51. The second-order valence-electron chi connectivity index (χ2n) is 3.61. The first-order chi connectivity index (χ1) is 7.61. The third-order valence-electron chi connectivity index (χ3n) is 2.46. The van der Waals surface area contributed by atoms with E-state index in [0.717, 1.165) is 19.3 Å². The van der Waals surface area contributed by atoms with Crippen molar-refractivity contribution in [2.75, 3.05) is 7.11 Å². The predicted molar refractivity (Wildman–Crippen MR) is 63.4 cm³/mol. The van der Waals surface area contributed by atoms with E-state index in [1.165, 1.54) is 23.8 Å². The summed E-state index contributed by atoms with van der Waals surface area (Å²) in [6.07, 6.45) is 2.41. The Morgan fingerprint density at radius 3 is 2.69 bits per heavy atom. The van der Waals surface area contributed by atoms with Crippen LogP contribution in [-0.2, 0) is 4.74 Å². The standard InChI is InChI=1S/C10H16BFO3S/c1-3-4-5-8(15-2)10-9(12)7(6-16-10)11(13)14/h6,8,13-14H,3-5H2,1-2H3. The van der Waals surface area contributed by atoms with Gasteiger partial charge in [0.1, 0.15) is 5.82 Å². The highest BCUT2D eigenvalue weighted by atomic mass is 32.1. The summed E-state index contributed by atoms with van der Waals surface area (Å²) in [5.41, 5.74) is -0.0708. The van der Waals surface area contributed by atoms with Crippen molar-refractivity contribution in [1.29, 1.82) is 0 Å². The first kappa shape index (κ1) is 13.6. The third-order valence-corrected chi connectivity index (χ3v) is 3.53. The van der Waals surface area contributed by atoms with Crippen molar-refractivity contribution in [3.05, 3.63) is 16.1 Å². The lowest BCUT2D eigenvalue weighted by Gasteiger charge is -2.13. The van der Waals surface area contributed by atoms with E-state index < -0.39 is 12.9 Å². The zero-order valence-corrected chi connectivity index (χ0v) is 10.3. The molecule has 6 heteroatoms. The highest BCUT2D eigenvalue weighted by molar-refractivity contribution is 7.11. The van der Waals surface area contributed by atoms with Crippen molar-refractivity contribution in [3.8, 4) is 0 Å². The molecule has 1 aromatic rings. The topological polar surface area (TPSA) is 49.7 Å². The number of halogens is 1. The molecule has 0 bridgehead atoms. The van der Waals surface area contributed by atoms with Gasteiger partial charge in [-0.25, -0.2) is 4.39 Å². The van der Waals surface area contributed by atoms with Gasteiger partial charge in [0.05, 0.1) is 11.0 Å². The summed E-state index contributed by atoms with van der Waals surface area (Å²) < 4.78 is 19.0. The Labute approximate surface area is 99.0 Å². The summed E-state index contributed by atoms with van der Waals surface area (Å²) in [5, 5.41) is 19.3. The van der Waals surface area contributed by atoms with Gasteiger partial charge in [-0.05, 0) is 11.8 Å². The molecule has 3 nitrogen and oxygen atoms in total. The summed E-state index contributed by atoms with van der Waals surface area (Å²) in [6.45, 7) is 2.06. The lowest BCUT2D eigenvalue weighted by atomic mass is 9.82. The van der Waals surface area contributed by atoms with Crippen molar-refractivity contribution in [3.63, 3.8) is 0 Å². The van der Waals surface area contributed by atoms with Crippen molar-refractivity contribution in [2.24, 2.45) is 0 Å². The average Bonchev–Trinajstić information content (AvgIpc) is 2.62. The highest BCUT2D eigenvalue weighted by Crippen LogP contribution is 2.28. The van der Waals surface area contributed by atoms with Gasteiger partial charge in [0.15, 0.2) is 0 Å². The van der Waals surface area contributed by atoms with E-state index in [0.29, 0.717) is 4.88 Å². The van der Waals surface area contributed by atoms with E-state index >= 15 is 0 Å². The maximum atomic E-state index is 13.8. The van der Waals surface area contributed by atoms with Gasteiger partial charge in [-0.1, -0.05) is 19.8 Å². The van der Waals surface area contributed by atoms with Crippen LogP contribution in [0.15, 0.2) is 5.38 Å². The number of methoxy groups -OCH3 is 1. The SMILES string of the molecule is CCCCC(OC)c1scc(B(O)O)c1F. The molecular weight excluding hydrogens is 230 g/mol. The summed E-state index contributed by atoms with van der Waals surface area (Å²) in [7, 11) is -0.220. The monoisotopic (exact) mass is 246 g/mol. The van der Waals surface area contributed by atoms with E-state index in [9.17, 15) is 4.39 Å². The molecular formula is C10H16BFO3S. The average molecular weight is 246 g/mol. The van der Waals surface area contributed by atoms with Crippen LogP contribution in [0.4, 0.5) is 4.39 Å². The molecule has 0 aromatic carbocycles. The quantitative estimate of drug-likeness (QED) is 0.747. The lowest BCUT2D eigenvalue weighted by molar-refractivity contribution is 0.0938. The van der Waals surface area contributed by atoms with Gasteiger partial charge < -0.3 is 14.8 Å². The van der Waals surface area contributed by atoms with Crippen LogP contribution in [0.25, 0.3) is 0 Å². The molecule has 1 rings (SSSR count). The Morgan fingerprint density at radius 1 is 1.56 bits per heavy atom. The van der Waals surface area contributed by atoms with E-state index in [1.807, 2.05) is 0 Å². The largest absolute Gasteiger partial charge is 0.492 e. The predicted octanol–water partition coefficient (Wildman–Crippen LogP) is 1.44. The molecule has 2 N–H and O–H groups in total. The summed E-state index contributed by atoms with van der Waals surface area (Å²) in [5.74, 6) is -0.553. The van der Waals surface area contributed by atoms with E-state index in [4.69, 9.17) is 14.8 Å². The van der Waals surface area contributed by atoms with Gasteiger partial charge in [0.25, 0.3) is 0 Å². The van der Waals surface area contributed by atoms with Crippen molar-refractivity contribution in [2.45, 2.75) is 32.3 Å². The van der Waals surface area contributed by atoms with Crippen LogP contribution in [0.1, 0.15) is 37.2 Å². The van der Waals surface area contributed by atoms with Gasteiger partial charge in [0.2, 0.25) is 0 Å². The van der Waals surface area contributed by atoms with E-state index in [2.05, 4.69) is 6.92 Å². The molecule has 16 heavy (non-hydrogen) atoms. The Morgan fingerprint density at radius 2 is 2.25 bits per heavy atom. The smallest absolute Gasteiger partial charge is 0.423 e. The maximum absolute atomic E-state index is 13.8. The first-order valence-electron chi connectivity index (χ1n) is 5.27. The zero-order valence-electron chi connectivity index (χ0n) is 9.44. The molecule has 1 unspecified atom stereocenters. The molecule has 0 aliphatic heterocycles. The molecule has 0 amide bonds. The second kappa shape index (κ2) is 6.34. The number of thiophene rings is 1. The molecule has 0 saturated carbocycles. The Bertz CT molecular complexity index is 330. The third kappa shape index (κ3) is 3.04. The highest BCUT2D eigenvalue weighted by Gasteiger charge is 2.25. The number of hydrogen-bond acceptors (Lipinski definition) is 4. The number of unbranched alkanes of at least 4 members (excludes halogenated alkanes) is 1. The van der Waals surface area contributed by atoms with Gasteiger partial charge in [-0.15, -0.1) is 11.3 Å². The van der Waals surface area contributed by atoms with Gasteiger partial charge in [-0.2, -0.15) is 0 Å². The fourth-order valence-corrected chi connectivity index (χ4v) is 2.58. The van der Waals surface area contributed by atoms with Crippen molar-refractivity contribution < 1.29 is 19.2 Å². The van der Waals surface area contributed by atoms with Crippen LogP contribution in [0.5, 0.6) is 0 Å². The molecule has 0 spiro atoms. The number of rotatable bonds is 6. The summed E-state index contributed by atoms with van der Waals surface area (Å²) in [6, 6.07) is 0. The van der Waals surface area contributed by atoms with Crippen molar-refractivity contribution >= 4 is 23.9 Å². The Balaban J connectivity index is 2.84. The molecule has 1 heterocycles. The minimum absolute atomic E-state index is 0.0708. The molecule has 0 radical (unpaired) electrons. The van der Waals surface area contributed by atoms with E-state index in [-0.39, 0.29) is 11.6 Å². The molecule has 0 saturated heterocycles. The Hall–Kier alpha value is -0.425. The van der Waals surface area contributed by atoms with Gasteiger partial charge in [0, 0.05) is 12.6 Å². The van der Waals surface area contributed by atoms with Crippen LogP contribution < -0.4 is 5.46 Å². The minimum atomic E-state index is -1.76. The Kier molecular flexibility index (Phi) is 5.41. The van der Waals surface area contributed by atoms with Crippen LogP contribution in [0.2, 0.25) is 0 Å². The van der Waals surface area contributed by atoms with E-state index in [1.54, 1.807) is 0 Å². The molecule has 0 aliphatic rings. The molecule has 1 aromatic heterocycles. The molecule has 90 valence electrons. The normalized spacial score (nSPS) is 12.8. The molecule has 0 fully saturated rings. The van der Waals surface area contributed by atoms with Crippen LogP contribution in [0, 0.1) is 5.82 Å². The summed E-state index contributed by atoms with van der Waals surface area (Å²) in [4.78, 5) is 0.444. The number of hydrogen-bond donors (Lipinski definition) is 2. The maximum Gasteiger partial charge on any atom is 0.492 e. The minimum Gasteiger partial charge on any atom is -0.423 e. The summed E-state index contributed by atoms with van der Waals surface area (Å²) >= 11 is 1.17. The van der Waals surface area contributed by atoms with Gasteiger partial charge in [-0.3, -0.25) is 0 Å². The van der Waals surface area contributed by atoms with Crippen LogP contribution in [-0.4, -0.2) is 24.3 Å². The fraction of sp³-hybridized carbons (Fsp3) is 0.600. The van der Waals surface area contributed by atoms with Gasteiger partial charge >= 0.3 is 7.12 Å². The lowest BCUT2D eigenvalue weighted by Crippen LogP contribution is -2.31. The zero-order chi connectivity index (χ0) is 12.1. The second-order valence-corrected chi connectivity index (χ2v) is 4.52.